The third-order valence-electron chi connectivity index (χ3n) is 4.28. The minimum atomic E-state index is -0.375. The summed E-state index contributed by atoms with van der Waals surface area (Å²) in [5, 5.41) is 0. The van der Waals surface area contributed by atoms with Crippen molar-refractivity contribution in [3.8, 4) is 0 Å². The number of carbonyl (C=O) groups excluding carboxylic acids is 1. The van der Waals surface area contributed by atoms with Gasteiger partial charge in [-0.15, -0.1) is 0 Å². The third kappa shape index (κ3) is 5.13. The van der Waals surface area contributed by atoms with E-state index in [9.17, 15) is 4.79 Å². The Bertz CT molecular complexity index is 286. The summed E-state index contributed by atoms with van der Waals surface area (Å²) in [7, 11) is 0. The van der Waals surface area contributed by atoms with E-state index < -0.39 is 0 Å². The molecule has 0 bridgehead atoms. The van der Waals surface area contributed by atoms with E-state index in [0.717, 1.165) is 37.8 Å². The first-order chi connectivity index (χ1) is 8.71. The molecule has 1 rings (SSSR count). The van der Waals surface area contributed by atoms with E-state index in [4.69, 9.17) is 5.73 Å². The van der Waals surface area contributed by atoms with Crippen LogP contribution in [0.3, 0.4) is 0 Å². The number of nitrogens with two attached hydrogens (primary N) is 1. The number of likely N-dealkylation sites (tertiary alicyclic amines) is 1. The van der Waals surface area contributed by atoms with E-state index in [0.29, 0.717) is 0 Å². The number of hydrogen-bond acceptors (Lipinski definition) is 2. The van der Waals surface area contributed by atoms with E-state index in [2.05, 4.69) is 13.8 Å². The lowest BCUT2D eigenvalue weighted by atomic mass is 9.85. The van der Waals surface area contributed by atoms with Gasteiger partial charge >= 0.3 is 0 Å². The molecule has 1 atom stereocenters. The summed E-state index contributed by atoms with van der Waals surface area (Å²) in [5.41, 5.74) is 5.92. The zero-order chi connectivity index (χ0) is 14.6. The molecule has 1 saturated heterocycles. The Kier molecular flexibility index (Phi) is 5.84. The van der Waals surface area contributed by atoms with Gasteiger partial charge in [0.15, 0.2) is 0 Å². The van der Waals surface area contributed by atoms with E-state index in [1.54, 1.807) is 0 Å². The van der Waals surface area contributed by atoms with Crippen molar-refractivity contribution in [2.45, 2.75) is 66.3 Å². The SMILES string of the molecule is CC(C)CCC1CCN(C(=O)[C@@H](N)C(C)(C)C)CC1. The number of amides is 1. The lowest BCUT2D eigenvalue weighted by molar-refractivity contribution is -0.136. The van der Waals surface area contributed by atoms with Crippen molar-refractivity contribution >= 4 is 5.91 Å². The first-order valence-corrected chi connectivity index (χ1v) is 7.76. The van der Waals surface area contributed by atoms with Gasteiger partial charge in [0, 0.05) is 13.1 Å². The van der Waals surface area contributed by atoms with E-state index in [1.165, 1.54) is 12.8 Å². The highest BCUT2D eigenvalue weighted by Crippen LogP contribution is 2.26. The molecule has 0 aromatic heterocycles. The molecule has 2 N–H and O–H groups in total. The molecule has 3 heteroatoms. The fraction of sp³-hybridized carbons (Fsp3) is 0.938. The van der Waals surface area contributed by atoms with Crippen LogP contribution in [0.15, 0.2) is 0 Å². The van der Waals surface area contributed by atoms with Crippen molar-refractivity contribution in [2.75, 3.05) is 13.1 Å². The number of nitrogens with zero attached hydrogens (tertiary/aromatic N) is 1. The lowest BCUT2D eigenvalue weighted by Crippen LogP contribution is -2.52. The van der Waals surface area contributed by atoms with Crippen LogP contribution in [-0.4, -0.2) is 29.9 Å². The van der Waals surface area contributed by atoms with Gasteiger partial charge < -0.3 is 10.6 Å². The maximum atomic E-state index is 12.3. The Hall–Kier alpha value is -0.570. The van der Waals surface area contributed by atoms with Gasteiger partial charge in [-0.25, -0.2) is 0 Å². The predicted octanol–water partition coefficient (Wildman–Crippen LogP) is 3.03. The molecule has 0 radical (unpaired) electrons. The average molecular weight is 268 g/mol. The van der Waals surface area contributed by atoms with E-state index in [-0.39, 0.29) is 17.4 Å². The van der Waals surface area contributed by atoms with Crippen LogP contribution in [0.25, 0.3) is 0 Å². The van der Waals surface area contributed by atoms with Gasteiger partial charge in [-0.2, -0.15) is 0 Å². The molecular formula is C16H32N2O. The normalized spacial score (nSPS) is 19.8. The maximum Gasteiger partial charge on any atom is 0.240 e. The molecule has 0 saturated carbocycles. The van der Waals surface area contributed by atoms with Gasteiger partial charge in [0.2, 0.25) is 5.91 Å². The van der Waals surface area contributed by atoms with Crippen molar-refractivity contribution in [2.24, 2.45) is 23.0 Å². The number of hydrogen-bond donors (Lipinski definition) is 1. The molecule has 1 amide bonds. The monoisotopic (exact) mass is 268 g/mol. The molecular weight excluding hydrogens is 236 g/mol. The molecule has 0 aromatic carbocycles. The summed E-state index contributed by atoms with van der Waals surface area (Å²) in [6, 6.07) is -0.375. The fourth-order valence-electron chi connectivity index (χ4n) is 2.58. The Morgan fingerprint density at radius 1 is 1.26 bits per heavy atom. The van der Waals surface area contributed by atoms with Crippen LogP contribution in [0.1, 0.15) is 60.3 Å². The third-order valence-corrected chi connectivity index (χ3v) is 4.28. The summed E-state index contributed by atoms with van der Waals surface area (Å²) in [5.74, 6) is 1.72. The van der Waals surface area contributed by atoms with Crippen LogP contribution >= 0.6 is 0 Å². The molecule has 0 spiro atoms. The van der Waals surface area contributed by atoms with Crippen LogP contribution in [-0.2, 0) is 4.79 Å². The zero-order valence-electron chi connectivity index (χ0n) is 13.4. The standard InChI is InChI=1S/C16H32N2O/c1-12(2)6-7-13-8-10-18(11-9-13)15(19)14(17)16(3,4)5/h12-14H,6-11,17H2,1-5H3/t14-/m1/s1. The van der Waals surface area contributed by atoms with Gasteiger partial charge in [0.05, 0.1) is 6.04 Å². The molecule has 112 valence electrons. The quantitative estimate of drug-likeness (QED) is 0.852. The highest BCUT2D eigenvalue weighted by Gasteiger charge is 2.32. The summed E-state index contributed by atoms with van der Waals surface area (Å²) >= 11 is 0. The molecule has 3 nitrogen and oxygen atoms in total. The van der Waals surface area contributed by atoms with Crippen molar-refractivity contribution in [1.29, 1.82) is 0 Å². The average Bonchev–Trinajstić information content (AvgIpc) is 2.34. The van der Waals surface area contributed by atoms with Crippen LogP contribution in [0.5, 0.6) is 0 Å². The second-order valence-corrected chi connectivity index (χ2v) is 7.58. The number of piperidine rings is 1. The highest BCUT2D eigenvalue weighted by molar-refractivity contribution is 5.82. The topological polar surface area (TPSA) is 46.3 Å². The Morgan fingerprint density at radius 2 is 1.79 bits per heavy atom. The number of carbonyl (C=O) groups is 1. The first kappa shape index (κ1) is 16.5. The lowest BCUT2D eigenvalue weighted by Gasteiger charge is -2.36. The van der Waals surface area contributed by atoms with Crippen molar-refractivity contribution in [3.05, 3.63) is 0 Å². The maximum absolute atomic E-state index is 12.3. The smallest absolute Gasteiger partial charge is 0.240 e. The van der Waals surface area contributed by atoms with Gasteiger partial charge in [0.1, 0.15) is 0 Å². The van der Waals surface area contributed by atoms with Crippen LogP contribution < -0.4 is 5.73 Å². The van der Waals surface area contributed by atoms with Gasteiger partial charge in [0.25, 0.3) is 0 Å². The van der Waals surface area contributed by atoms with Crippen molar-refractivity contribution in [1.82, 2.24) is 4.90 Å². The van der Waals surface area contributed by atoms with Gasteiger partial charge in [-0.05, 0) is 30.1 Å². The Labute approximate surface area is 118 Å². The molecule has 1 heterocycles. The van der Waals surface area contributed by atoms with Crippen LogP contribution in [0.2, 0.25) is 0 Å². The van der Waals surface area contributed by atoms with Crippen LogP contribution in [0.4, 0.5) is 0 Å². The molecule has 0 aliphatic carbocycles. The largest absolute Gasteiger partial charge is 0.341 e. The van der Waals surface area contributed by atoms with E-state index in [1.807, 2.05) is 25.7 Å². The molecule has 0 aromatic rings. The molecule has 0 unspecified atom stereocenters. The van der Waals surface area contributed by atoms with Crippen molar-refractivity contribution in [3.63, 3.8) is 0 Å². The summed E-state index contributed by atoms with van der Waals surface area (Å²) in [6.07, 6.45) is 4.91. The second kappa shape index (κ2) is 6.74. The molecule has 1 fully saturated rings. The zero-order valence-corrected chi connectivity index (χ0v) is 13.4. The summed E-state index contributed by atoms with van der Waals surface area (Å²) in [6.45, 7) is 12.4. The van der Waals surface area contributed by atoms with Crippen LogP contribution in [0, 0.1) is 17.3 Å². The van der Waals surface area contributed by atoms with E-state index >= 15 is 0 Å². The van der Waals surface area contributed by atoms with Crippen molar-refractivity contribution < 1.29 is 4.79 Å². The fourth-order valence-corrected chi connectivity index (χ4v) is 2.58. The minimum Gasteiger partial charge on any atom is -0.341 e. The molecule has 19 heavy (non-hydrogen) atoms. The summed E-state index contributed by atoms with van der Waals surface area (Å²) in [4.78, 5) is 14.3. The minimum absolute atomic E-state index is 0.134. The second-order valence-electron chi connectivity index (χ2n) is 7.58. The predicted molar refractivity (Wildman–Crippen MR) is 80.8 cm³/mol. The first-order valence-electron chi connectivity index (χ1n) is 7.76. The highest BCUT2D eigenvalue weighted by atomic mass is 16.2. The Morgan fingerprint density at radius 3 is 2.21 bits per heavy atom. The molecule has 1 aliphatic rings. The Balaban J connectivity index is 2.39. The van der Waals surface area contributed by atoms with Gasteiger partial charge in [-0.1, -0.05) is 47.5 Å². The summed E-state index contributed by atoms with van der Waals surface area (Å²) < 4.78 is 0. The van der Waals surface area contributed by atoms with Gasteiger partial charge in [-0.3, -0.25) is 4.79 Å². The number of rotatable bonds is 4. The molecule has 1 aliphatic heterocycles.